The van der Waals surface area contributed by atoms with Crippen molar-refractivity contribution >= 4 is 38.9 Å². The molecule has 0 saturated heterocycles. The molecule has 132 valence electrons. The van der Waals surface area contributed by atoms with E-state index in [0.717, 1.165) is 11.8 Å². The molecule has 6 nitrogen and oxygen atoms in total. The van der Waals surface area contributed by atoms with Crippen LogP contribution in [0.3, 0.4) is 0 Å². The van der Waals surface area contributed by atoms with Crippen molar-refractivity contribution < 1.29 is 18.0 Å². The van der Waals surface area contributed by atoms with E-state index < -0.39 is 15.7 Å². The normalized spacial score (nSPS) is 11.0. The Hall–Kier alpha value is -2.38. The van der Waals surface area contributed by atoms with Gasteiger partial charge in [0.2, 0.25) is 5.91 Å². The molecule has 0 atom stereocenters. The van der Waals surface area contributed by atoms with Crippen molar-refractivity contribution in [2.45, 2.75) is 11.3 Å². The molecular weight excluding hydrogens is 364 g/mol. The highest BCUT2D eigenvalue weighted by Gasteiger charge is 2.16. The van der Waals surface area contributed by atoms with Crippen LogP contribution in [0, 0.1) is 0 Å². The number of halogens is 1. The summed E-state index contributed by atoms with van der Waals surface area (Å²) in [6.45, 7) is 0. The molecule has 2 aromatic carbocycles. The predicted octanol–water partition coefficient (Wildman–Crippen LogP) is 2.28. The van der Waals surface area contributed by atoms with E-state index in [0.29, 0.717) is 5.69 Å². The highest BCUT2D eigenvalue weighted by molar-refractivity contribution is 7.90. The highest BCUT2D eigenvalue weighted by Crippen LogP contribution is 2.23. The van der Waals surface area contributed by atoms with Crippen molar-refractivity contribution in [2.75, 3.05) is 18.6 Å². The third kappa shape index (κ3) is 5.04. The van der Waals surface area contributed by atoms with Gasteiger partial charge < -0.3 is 10.6 Å². The number of rotatable bonds is 5. The lowest BCUT2D eigenvalue weighted by atomic mass is 10.1. The van der Waals surface area contributed by atoms with E-state index in [1.54, 1.807) is 31.3 Å². The SMILES string of the molecule is CNC(=O)Cc1ccc(NC(=O)c2ccc(Cl)c(S(C)(=O)=O)c2)cc1. The number of carbonyl (C=O) groups is 2. The number of amides is 2. The monoisotopic (exact) mass is 380 g/mol. The fourth-order valence-corrected chi connectivity index (χ4v) is 3.41. The summed E-state index contributed by atoms with van der Waals surface area (Å²) in [5, 5.41) is 5.28. The van der Waals surface area contributed by atoms with Gasteiger partial charge in [-0.1, -0.05) is 23.7 Å². The van der Waals surface area contributed by atoms with E-state index in [4.69, 9.17) is 11.6 Å². The molecule has 2 aromatic rings. The Morgan fingerprint density at radius 1 is 1.08 bits per heavy atom. The molecule has 0 aliphatic carbocycles. The second kappa shape index (κ2) is 7.67. The minimum absolute atomic E-state index is 0.0672. The Balaban J connectivity index is 2.16. The van der Waals surface area contributed by atoms with Gasteiger partial charge in [-0.15, -0.1) is 0 Å². The van der Waals surface area contributed by atoms with Crippen molar-refractivity contribution in [3.8, 4) is 0 Å². The molecule has 2 N–H and O–H groups in total. The molecule has 0 radical (unpaired) electrons. The van der Waals surface area contributed by atoms with E-state index in [9.17, 15) is 18.0 Å². The summed E-state index contributed by atoms with van der Waals surface area (Å²) in [5.41, 5.74) is 1.52. The second-order valence-corrected chi connectivity index (χ2v) is 7.81. The number of nitrogens with one attached hydrogen (secondary N) is 2. The Morgan fingerprint density at radius 2 is 1.72 bits per heavy atom. The standard InChI is InChI=1S/C17H17ClN2O4S/c1-19-16(21)9-11-3-6-13(7-4-11)20-17(22)12-5-8-14(18)15(10-12)25(2,23)24/h3-8,10H,9H2,1-2H3,(H,19,21)(H,20,22). The first-order chi connectivity index (χ1) is 11.7. The van der Waals surface area contributed by atoms with Gasteiger partial charge in [0.1, 0.15) is 0 Å². The first-order valence-corrected chi connectivity index (χ1v) is 9.58. The quantitative estimate of drug-likeness (QED) is 0.832. The highest BCUT2D eigenvalue weighted by atomic mass is 35.5. The molecular formula is C17H17ClN2O4S. The van der Waals surface area contributed by atoms with Gasteiger partial charge in [0.25, 0.3) is 5.91 Å². The number of anilines is 1. The van der Waals surface area contributed by atoms with E-state index in [2.05, 4.69) is 10.6 Å². The zero-order chi connectivity index (χ0) is 18.6. The maximum atomic E-state index is 12.3. The minimum atomic E-state index is -3.53. The van der Waals surface area contributed by atoms with Crippen molar-refractivity contribution in [1.82, 2.24) is 5.32 Å². The Bertz CT molecular complexity index is 909. The summed E-state index contributed by atoms with van der Waals surface area (Å²) in [7, 11) is -1.97. The number of hydrogen-bond acceptors (Lipinski definition) is 4. The molecule has 0 unspecified atom stereocenters. The number of hydrogen-bond donors (Lipinski definition) is 2. The molecule has 8 heteroatoms. The lowest BCUT2D eigenvalue weighted by Gasteiger charge is -2.08. The molecule has 0 spiro atoms. The summed E-state index contributed by atoms with van der Waals surface area (Å²) < 4.78 is 23.4. The minimum Gasteiger partial charge on any atom is -0.359 e. The van der Waals surface area contributed by atoms with Gasteiger partial charge in [-0.25, -0.2) is 8.42 Å². The summed E-state index contributed by atoms with van der Waals surface area (Å²) in [4.78, 5) is 23.5. The summed E-state index contributed by atoms with van der Waals surface area (Å²) >= 11 is 5.87. The number of likely N-dealkylation sites (N-methyl/N-ethyl adjacent to an activating group) is 1. The van der Waals surface area contributed by atoms with E-state index in [1.165, 1.54) is 18.2 Å². The summed E-state index contributed by atoms with van der Waals surface area (Å²) in [5.74, 6) is -0.563. The van der Waals surface area contributed by atoms with Crippen LogP contribution in [0.4, 0.5) is 5.69 Å². The molecule has 2 rings (SSSR count). The zero-order valence-corrected chi connectivity index (χ0v) is 15.2. The number of carbonyl (C=O) groups excluding carboxylic acids is 2. The van der Waals surface area contributed by atoms with Gasteiger partial charge in [-0.3, -0.25) is 9.59 Å². The van der Waals surface area contributed by atoms with Crippen molar-refractivity contribution in [2.24, 2.45) is 0 Å². The van der Waals surface area contributed by atoms with E-state index >= 15 is 0 Å². The molecule has 0 aliphatic rings. The van der Waals surface area contributed by atoms with Crippen LogP contribution >= 0.6 is 11.6 Å². The summed E-state index contributed by atoms with van der Waals surface area (Å²) in [6.07, 6.45) is 1.28. The Kier molecular flexibility index (Phi) is 5.81. The van der Waals surface area contributed by atoms with Crippen LogP contribution in [-0.4, -0.2) is 33.5 Å². The van der Waals surface area contributed by atoms with Crippen LogP contribution in [-0.2, 0) is 21.1 Å². The van der Waals surface area contributed by atoms with Crippen LogP contribution in [0.1, 0.15) is 15.9 Å². The van der Waals surface area contributed by atoms with Gasteiger partial charge >= 0.3 is 0 Å². The first-order valence-electron chi connectivity index (χ1n) is 7.31. The van der Waals surface area contributed by atoms with Crippen LogP contribution < -0.4 is 10.6 Å². The average Bonchev–Trinajstić information content (AvgIpc) is 2.55. The zero-order valence-electron chi connectivity index (χ0n) is 13.7. The fourth-order valence-electron chi connectivity index (χ4n) is 2.11. The topological polar surface area (TPSA) is 92.3 Å². The lowest BCUT2D eigenvalue weighted by Crippen LogP contribution is -2.19. The molecule has 25 heavy (non-hydrogen) atoms. The Morgan fingerprint density at radius 3 is 2.28 bits per heavy atom. The second-order valence-electron chi connectivity index (χ2n) is 5.42. The van der Waals surface area contributed by atoms with Gasteiger partial charge in [-0.05, 0) is 35.9 Å². The molecule has 0 fully saturated rings. The third-order valence-electron chi connectivity index (χ3n) is 3.45. The van der Waals surface area contributed by atoms with E-state index in [-0.39, 0.29) is 27.8 Å². The van der Waals surface area contributed by atoms with Crippen LogP contribution in [0.2, 0.25) is 5.02 Å². The molecule has 0 saturated carbocycles. The Labute approximate surface area is 151 Å². The molecule has 0 bridgehead atoms. The van der Waals surface area contributed by atoms with Crippen molar-refractivity contribution in [3.05, 3.63) is 58.6 Å². The molecule has 0 aromatic heterocycles. The summed E-state index contributed by atoms with van der Waals surface area (Å²) in [6, 6.07) is 10.9. The molecule has 0 heterocycles. The average molecular weight is 381 g/mol. The first kappa shape index (κ1) is 19.0. The van der Waals surface area contributed by atoms with Crippen LogP contribution in [0.15, 0.2) is 47.4 Å². The maximum absolute atomic E-state index is 12.3. The van der Waals surface area contributed by atoms with Crippen molar-refractivity contribution in [1.29, 1.82) is 0 Å². The predicted molar refractivity (Wildman–Crippen MR) is 96.7 cm³/mol. The van der Waals surface area contributed by atoms with Gasteiger partial charge in [0.15, 0.2) is 9.84 Å². The van der Waals surface area contributed by atoms with E-state index in [1.807, 2.05) is 0 Å². The fraction of sp³-hybridized carbons (Fsp3) is 0.176. The largest absolute Gasteiger partial charge is 0.359 e. The lowest BCUT2D eigenvalue weighted by molar-refractivity contribution is -0.119. The van der Waals surface area contributed by atoms with Crippen molar-refractivity contribution in [3.63, 3.8) is 0 Å². The molecule has 2 amide bonds. The van der Waals surface area contributed by atoms with Crippen LogP contribution in [0.25, 0.3) is 0 Å². The van der Waals surface area contributed by atoms with Crippen LogP contribution in [0.5, 0.6) is 0 Å². The van der Waals surface area contributed by atoms with Gasteiger partial charge in [0, 0.05) is 24.6 Å². The number of benzene rings is 2. The smallest absolute Gasteiger partial charge is 0.255 e. The maximum Gasteiger partial charge on any atom is 0.255 e. The number of sulfone groups is 1. The third-order valence-corrected chi connectivity index (χ3v) is 5.03. The van der Waals surface area contributed by atoms with Gasteiger partial charge in [0.05, 0.1) is 16.3 Å². The molecule has 0 aliphatic heterocycles. The van der Waals surface area contributed by atoms with Gasteiger partial charge in [-0.2, -0.15) is 0 Å².